The Morgan fingerprint density at radius 3 is 2.54 bits per heavy atom. The molecule has 0 bridgehead atoms. The van der Waals surface area contributed by atoms with Crippen LogP contribution in [0.1, 0.15) is 113 Å². The Kier molecular flexibility index (Phi) is 9.01. The van der Waals surface area contributed by atoms with Crippen molar-refractivity contribution in [1.82, 2.24) is 5.32 Å². The molecule has 0 aromatic heterocycles. The van der Waals surface area contributed by atoms with Crippen LogP contribution in [-0.2, 0) is 4.74 Å². The highest BCUT2D eigenvalue weighted by Gasteiger charge is 2.57. The molecular weight excluding hydrogens is 454 g/mol. The van der Waals surface area contributed by atoms with Gasteiger partial charge in [0.2, 0.25) is 0 Å². The highest BCUT2D eigenvalue weighted by Crippen LogP contribution is 2.66. The summed E-state index contributed by atoms with van der Waals surface area (Å²) < 4.78 is 5.84. The molecule has 3 heteroatoms. The van der Waals surface area contributed by atoms with E-state index in [9.17, 15) is 4.79 Å². The Bertz CT molecular complexity index is 899. The van der Waals surface area contributed by atoms with Gasteiger partial charge in [-0.3, -0.25) is 0 Å². The van der Waals surface area contributed by atoms with E-state index in [1.54, 1.807) is 5.57 Å². The number of hydrogen-bond donors (Lipinski definition) is 1. The van der Waals surface area contributed by atoms with Crippen molar-refractivity contribution in [2.45, 2.75) is 119 Å². The lowest BCUT2D eigenvalue weighted by Gasteiger charge is -2.55. The second kappa shape index (κ2) is 11.7. The van der Waals surface area contributed by atoms with Crippen LogP contribution in [0.25, 0.3) is 0 Å². The van der Waals surface area contributed by atoms with Gasteiger partial charge >= 0.3 is 6.09 Å². The lowest BCUT2D eigenvalue weighted by Crippen LogP contribution is -2.47. The average molecular weight is 510 g/mol. The summed E-state index contributed by atoms with van der Waals surface area (Å²) in [6, 6.07) is 0. The predicted octanol–water partition coefficient (Wildman–Crippen LogP) is 9.25. The van der Waals surface area contributed by atoms with Crippen LogP contribution in [0.2, 0.25) is 0 Å². The Morgan fingerprint density at radius 2 is 1.84 bits per heavy atom. The van der Waals surface area contributed by atoms with Gasteiger partial charge in [-0.05, 0) is 97.7 Å². The van der Waals surface area contributed by atoms with Gasteiger partial charge in [0.05, 0.1) is 0 Å². The Morgan fingerprint density at radius 1 is 1.05 bits per heavy atom. The first-order chi connectivity index (χ1) is 17.6. The summed E-state index contributed by atoms with van der Waals surface area (Å²) in [6.07, 6.45) is 21.6. The SMILES string of the molecule is CCCCNC(=O)OC1CCC2(C)C(=CC=C3C2CCC2(C)C3CCC2C(C=CC(C)C(C)C)CC)C1. The van der Waals surface area contributed by atoms with Gasteiger partial charge in [0, 0.05) is 13.0 Å². The number of unbranched alkanes of at least 4 members (excludes halogenated alkanes) is 1. The van der Waals surface area contributed by atoms with Crippen molar-refractivity contribution < 1.29 is 9.53 Å². The van der Waals surface area contributed by atoms with Gasteiger partial charge < -0.3 is 10.1 Å². The van der Waals surface area contributed by atoms with Crippen LogP contribution >= 0.6 is 0 Å². The number of carbonyl (C=O) groups excluding carboxylic acids is 1. The molecule has 4 aliphatic carbocycles. The molecule has 0 heterocycles. The van der Waals surface area contributed by atoms with E-state index in [-0.39, 0.29) is 17.6 Å². The maximum atomic E-state index is 12.3. The lowest BCUT2D eigenvalue weighted by molar-refractivity contribution is 0.0279. The molecule has 0 spiro atoms. The van der Waals surface area contributed by atoms with E-state index < -0.39 is 0 Å². The van der Waals surface area contributed by atoms with Gasteiger partial charge in [0.1, 0.15) is 6.10 Å². The summed E-state index contributed by atoms with van der Waals surface area (Å²) in [5.41, 5.74) is 3.94. The first-order valence-electron chi connectivity index (χ1n) is 15.7. The fourth-order valence-electron chi connectivity index (χ4n) is 8.47. The van der Waals surface area contributed by atoms with E-state index in [1.807, 2.05) is 0 Å². The number of allylic oxidation sites excluding steroid dienone is 5. The van der Waals surface area contributed by atoms with Gasteiger partial charge in [0.25, 0.3) is 0 Å². The third kappa shape index (κ3) is 5.62. The zero-order chi connectivity index (χ0) is 26.8. The van der Waals surface area contributed by atoms with Crippen molar-refractivity contribution in [3.8, 4) is 0 Å². The molecule has 0 aliphatic heterocycles. The van der Waals surface area contributed by atoms with Crippen molar-refractivity contribution in [2.24, 2.45) is 46.3 Å². The molecule has 4 aliphatic rings. The van der Waals surface area contributed by atoms with Crippen LogP contribution in [0, 0.1) is 46.3 Å². The number of ether oxygens (including phenoxy) is 1. The normalized spacial score (nSPS) is 36.8. The first kappa shape index (κ1) is 28.5. The van der Waals surface area contributed by atoms with Gasteiger partial charge in [-0.25, -0.2) is 4.79 Å². The zero-order valence-electron chi connectivity index (χ0n) is 24.9. The molecule has 3 nitrogen and oxygen atoms in total. The molecule has 8 unspecified atom stereocenters. The van der Waals surface area contributed by atoms with Crippen molar-refractivity contribution in [1.29, 1.82) is 0 Å². The summed E-state index contributed by atoms with van der Waals surface area (Å²) >= 11 is 0. The number of amides is 1. The van der Waals surface area contributed by atoms with Gasteiger partial charge in [-0.15, -0.1) is 0 Å². The monoisotopic (exact) mass is 509 g/mol. The van der Waals surface area contributed by atoms with Crippen molar-refractivity contribution in [3.05, 3.63) is 35.5 Å². The van der Waals surface area contributed by atoms with Crippen LogP contribution in [0.4, 0.5) is 4.79 Å². The molecule has 4 rings (SSSR count). The number of alkyl carbamates (subject to hydrolysis) is 1. The van der Waals surface area contributed by atoms with E-state index in [4.69, 9.17) is 4.74 Å². The minimum Gasteiger partial charge on any atom is -0.446 e. The third-order valence-corrected chi connectivity index (χ3v) is 11.4. The van der Waals surface area contributed by atoms with Crippen LogP contribution in [-0.4, -0.2) is 18.7 Å². The Hall–Kier alpha value is -1.51. The molecule has 0 aromatic carbocycles. The third-order valence-electron chi connectivity index (χ3n) is 11.4. The topological polar surface area (TPSA) is 38.3 Å². The van der Waals surface area contributed by atoms with Crippen molar-refractivity contribution >= 4 is 6.09 Å². The summed E-state index contributed by atoms with van der Waals surface area (Å²) in [5, 5.41) is 2.93. The van der Waals surface area contributed by atoms with E-state index in [0.717, 1.165) is 43.9 Å². The molecular formula is C34H55NO2. The van der Waals surface area contributed by atoms with Gasteiger partial charge in [0.15, 0.2) is 0 Å². The largest absolute Gasteiger partial charge is 0.446 e. The Labute approximate surface area is 228 Å². The lowest BCUT2D eigenvalue weighted by atomic mass is 9.50. The predicted molar refractivity (Wildman–Crippen MR) is 155 cm³/mol. The van der Waals surface area contributed by atoms with Crippen molar-refractivity contribution in [2.75, 3.05) is 6.54 Å². The number of carbonyl (C=O) groups is 1. The number of hydrogen-bond acceptors (Lipinski definition) is 2. The smallest absolute Gasteiger partial charge is 0.407 e. The van der Waals surface area contributed by atoms with E-state index >= 15 is 0 Å². The number of nitrogens with one attached hydrogen (secondary N) is 1. The fraction of sp³-hybridized carbons (Fsp3) is 0.794. The highest BCUT2D eigenvalue weighted by molar-refractivity contribution is 5.67. The first-order valence-corrected chi connectivity index (χ1v) is 15.7. The Balaban J connectivity index is 1.48. The van der Waals surface area contributed by atoms with Gasteiger partial charge in [-0.2, -0.15) is 0 Å². The van der Waals surface area contributed by atoms with Crippen LogP contribution in [0.5, 0.6) is 0 Å². The van der Waals surface area contributed by atoms with E-state index in [0.29, 0.717) is 35.6 Å². The van der Waals surface area contributed by atoms with Gasteiger partial charge in [-0.1, -0.05) is 90.3 Å². The maximum Gasteiger partial charge on any atom is 0.407 e. The average Bonchev–Trinajstić information content (AvgIpc) is 3.22. The minimum absolute atomic E-state index is 0.0194. The molecule has 0 aromatic rings. The molecule has 37 heavy (non-hydrogen) atoms. The standard InChI is InChI=1S/C34H55NO2/c1-8-10-21-35-32(36)37-27-17-19-33(6)26(22-27)13-14-28-30-16-15-29(34(30,7)20-18-31(28)33)25(9-2)12-11-24(5)23(3)4/h11-14,23-25,27,29-31H,8-10,15-22H2,1-7H3,(H,35,36). The summed E-state index contributed by atoms with van der Waals surface area (Å²) in [7, 11) is 0. The fourth-order valence-corrected chi connectivity index (χ4v) is 8.47. The van der Waals surface area contributed by atoms with Crippen LogP contribution < -0.4 is 5.32 Å². The zero-order valence-corrected chi connectivity index (χ0v) is 24.9. The second-order valence-electron chi connectivity index (χ2n) is 13.7. The molecule has 208 valence electrons. The minimum atomic E-state index is -0.234. The second-order valence-corrected chi connectivity index (χ2v) is 13.7. The highest BCUT2D eigenvalue weighted by atomic mass is 16.6. The maximum absolute atomic E-state index is 12.3. The molecule has 0 saturated heterocycles. The molecule has 8 atom stereocenters. The molecule has 1 amide bonds. The molecule has 1 N–H and O–H groups in total. The summed E-state index contributed by atoms with van der Waals surface area (Å²) in [6.45, 7) is 17.5. The van der Waals surface area contributed by atoms with Crippen LogP contribution in [0.3, 0.4) is 0 Å². The van der Waals surface area contributed by atoms with Crippen LogP contribution in [0.15, 0.2) is 35.5 Å². The quantitative estimate of drug-likeness (QED) is 0.248. The summed E-state index contributed by atoms with van der Waals surface area (Å²) in [4.78, 5) is 12.3. The summed E-state index contributed by atoms with van der Waals surface area (Å²) in [5.74, 6) is 4.26. The van der Waals surface area contributed by atoms with E-state index in [1.165, 1.54) is 37.7 Å². The van der Waals surface area contributed by atoms with Crippen molar-refractivity contribution in [3.63, 3.8) is 0 Å². The molecule has 3 fully saturated rings. The molecule has 3 saturated carbocycles. The van der Waals surface area contributed by atoms with E-state index in [2.05, 4.69) is 78.1 Å². The molecule has 0 radical (unpaired) electrons. The number of fused-ring (bicyclic) bond motifs is 5. The number of rotatable bonds is 9.